The number of hydrogen-bond donors (Lipinski definition) is 0. The fourth-order valence-corrected chi connectivity index (χ4v) is 4.59. The van der Waals surface area contributed by atoms with Crippen molar-refractivity contribution in [1.29, 1.82) is 0 Å². The van der Waals surface area contributed by atoms with Crippen LogP contribution in [0.15, 0.2) is 18.6 Å². The maximum Gasteiger partial charge on any atom is 0.274 e. The zero-order chi connectivity index (χ0) is 19.3. The lowest BCUT2D eigenvalue weighted by Crippen LogP contribution is -2.53. The van der Waals surface area contributed by atoms with Crippen LogP contribution in [0.5, 0.6) is 0 Å². The van der Waals surface area contributed by atoms with E-state index in [0.29, 0.717) is 30.9 Å². The molecule has 0 bridgehead atoms. The minimum Gasteiger partial charge on any atom is -0.378 e. The number of carbonyl (C=O) groups is 2. The van der Waals surface area contributed by atoms with Gasteiger partial charge in [0.2, 0.25) is 5.91 Å². The first-order valence-electron chi connectivity index (χ1n) is 10.4. The molecular formula is C20H29N5O3. The van der Waals surface area contributed by atoms with Crippen molar-refractivity contribution >= 4 is 11.8 Å². The van der Waals surface area contributed by atoms with Crippen molar-refractivity contribution in [3.8, 4) is 0 Å². The molecule has 0 N–H and O–H groups in total. The number of likely N-dealkylation sites (tertiary alicyclic amines) is 2. The summed E-state index contributed by atoms with van der Waals surface area (Å²) in [5.74, 6) is 0.361. The third kappa shape index (κ3) is 4.33. The predicted molar refractivity (Wildman–Crippen MR) is 103 cm³/mol. The Bertz CT molecular complexity index is 672. The van der Waals surface area contributed by atoms with Crippen LogP contribution in [0.3, 0.4) is 0 Å². The van der Waals surface area contributed by atoms with Crippen LogP contribution >= 0.6 is 0 Å². The number of hydrogen-bond acceptors (Lipinski definition) is 6. The standard InChI is InChI=1S/C20H29N5O3/c26-19(24-10-12-28-13-11-24)16-2-1-7-25(15-16)17-3-8-23(9-4-17)20(27)18-14-21-5-6-22-18/h5-6,14,16-17H,1-4,7-13,15H2/t16-/m1/s1. The average Bonchev–Trinajstić information content (AvgIpc) is 2.79. The molecule has 4 rings (SSSR count). The van der Waals surface area contributed by atoms with Gasteiger partial charge in [-0.3, -0.25) is 19.5 Å². The Morgan fingerprint density at radius 2 is 1.75 bits per heavy atom. The fraction of sp³-hybridized carbons (Fsp3) is 0.700. The normalized spacial score (nSPS) is 24.9. The summed E-state index contributed by atoms with van der Waals surface area (Å²) in [6.07, 6.45) is 8.61. The maximum absolute atomic E-state index is 12.9. The van der Waals surface area contributed by atoms with E-state index in [-0.39, 0.29) is 11.8 Å². The van der Waals surface area contributed by atoms with Crippen molar-refractivity contribution in [2.24, 2.45) is 5.92 Å². The van der Waals surface area contributed by atoms with Gasteiger partial charge in [-0.05, 0) is 32.2 Å². The van der Waals surface area contributed by atoms with Crippen molar-refractivity contribution < 1.29 is 14.3 Å². The molecule has 0 aromatic carbocycles. The molecule has 0 radical (unpaired) electrons. The third-order valence-corrected chi connectivity index (χ3v) is 6.18. The quantitative estimate of drug-likeness (QED) is 0.758. The second-order valence-corrected chi connectivity index (χ2v) is 7.89. The lowest BCUT2D eigenvalue weighted by atomic mass is 9.92. The molecule has 3 fully saturated rings. The lowest BCUT2D eigenvalue weighted by molar-refractivity contribution is -0.141. The number of carbonyl (C=O) groups excluding carboxylic acids is 2. The number of amides is 2. The van der Waals surface area contributed by atoms with Crippen LogP contribution in [0.4, 0.5) is 0 Å². The van der Waals surface area contributed by atoms with Crippen LogP contribution in [0.1, 0.15) is 36.2 Å². The monoisotopic (exact) mass is 387 g/mol. The summed E-state index contributed by atoms with van der Waals surface area (Å²) in [4.78, 5) is 39.8. The van der Waals surface area contributed by atoms with E-state index in [4.69, 9.17) is 4.74 Å². The molecule has 3 aliphatic rings. The molecule has 4 heterocycles. The average molecular weight is 387 g/mol. The summed E-state index contributed by atoms with van der Waals surface area (Å²) in [6.45, 7) is 6.11. The molecule has 3 saturated heterocycles. The van der Waals surface area contributed by atoms with Crippen LogP contribution in [0.2, 0.25) is 0 Å². The summed E-state index contributed by atoms with van der Waals surface area (Å²) in [7, 11) is 0. The number of piperidine rings is 2. The molecule has 8 nitrogen and oxygen atoms in total. The Kier molecular flexibility index (Phi) is 6.17. The van der Waals surface area contributed by atoms with Crippen LogP contribution in [0, 0.1) is 5.92 Å². The Hall–Kier alpha value is -2.06. The van der Waals surface area contributed by atoms with Gasteiger partial charge in [-0.15, -0.1) is 0 Å². The first-order chi connectivity index (χ1) is 13.7. The second-order valence-electron chi connectivity index (χ2n) is 7.89. The van der Waals surface area contributed by atoms with E-state index in [2.05, 4.69) is 14.9 Å². The molecule has 0 saturated carbocycles. The minimum absolute atomic E-state index is 0.0365. The summed E-state index contributed by atoms with van der Waals surface area (Å²) in [5, 5.41) is 0. The van der Waals surface area contributed by atoms with Crippen molar-refractivity contribution in [2.45, 2.75) is 31.7 Å². The van der Waals surface area contributed by atoms with Crippen LogP contribution in [0.25, 0.3) is 0 Å². The van der Waals surface area contributed by atoms with Gasteiger partial charge in [-0.2, -0.15) is 0 Å². The van der Waals surface area contributed by atoms with Gasteiger partial charge in [0.1, 0.15) is 5.69 Å². The van der Waals surface area contributed by atoms with Crippen LogP contribution in [-0.2, 0) is 9.53 Å². The molecule has 1 aromatic heterocycles. The smallest absolute Gasteiger partial charge is 0.274 e. The van der Waals surface area contributed by atoms with E-state index in [1.165, 1.54) is 6.20 Å². The van der Waals surface area contributed by atoms with E-state index in [9.17, 15) is 9.59 Å². The van der Waals surface area contributed by atoms with Crippen molar-refractivity contribution in [2.75, 3.05) is 52.5 Å². The van der Waals surface area contributed by atoms with Crippen molar-refractivity contribution in [1.82, 2.24) is 24.7 Å². The third-order valence-electron chi connectivity index (χ3n) is 6.18. The highest BCUT2D eigenvalue weighted by atomic mass is 16.5. The molecule has 3 aliphatic heterocycles. The Morgan fingerprint density at radius 1 is 0.964 bits per heavy atom. The molecule has 1 atom stereocenters. The number of ether oxygens (including phenoxy) is 1. The van der Waals surface area contributed by atoms with Gasteiger partial charge in [-0.1, -0.05) is 0 Å². The van der Waals surface area contributed by atoms with Crippen LogP contribution < -0.4 is 0 Å². The van der Waals surface area contributed by atoms with Gasteiger partial charge in [0.25, 0.3) is 5.91 Å². The molecule has 152 valence electrons. The molecule has 0 unspecified atom stereocenters. The highest BCUT2D eigenvalue weighted by Gasteiger charge is 2.34. The van der Waals surface area contributed by atoms with Crippen LogP contribution in [-0.4, -0.2) is 95.0 Å². The van der Waals surface area contributed by atoms with Gasteiger partial charge < -0.3 is 14.5 Å². The van der Waals surface area contributed by atoms with E-state index in [0.717, 1.165) is 65.0 Å². The topological polar surface area (TPSA) is 78.9 Å². The zero-order valence-electron chi connectivity index (χ0n) is 16.3. The molecule has 1 aromatic rings. The molecule has 2 amide bonds. The maximum atomic E-state index is 12.9. The highest BCUT2D eigenvalue weighted by molar-refractivity contribution is 5.92. The summed E-state index contributed by atoms with van der Waals surface area (Å²) in [6, 6.07) is 0.450. The molecule has 0 aliphatic carbocycles. The van der Waals surface area contributed by atoms with Gasteiger partial charge >= 0.3 is 0 Å². The van der Waals surface area contributed by atoms with Gasteiger partial charge in [-0.25, -0.2) is 4.98 Å². The SMILES string of the molecule is O=C(c1cnccn1)N1CCC(N2CCC[C@@H](C(=O)N3CCOCC3)C2)CC1. The number of morpholine rings is 1. The summed E-state index contributed by atoms with van der Waals surface area (Å²) < 4.78 is 5.37. The second kappa shape index (κ2) is 8.96. The highest BCUT2D eigenvalue weighted by Crippen LogP contribution is 2.25. The summed E-state index contributed by atoms with van der Waals surface area (Å²) in [5.41, 5.74) is 0.412. The predicted octanol–water partition coefficient (Wildman–Crippen LogP) is 0.652. The molecule has 8 heteroatoms. The largest absolute Gasteiger partial charge is 0.378 e. The lowest BCUT2D eigenvalue weighted by Gasteiger charge is -2.43. The first kappa shape index (κ1) is 19.3. The fourth-order valence-electron chi connectivity index (χ4n) is 4.59. The number of nitrogens with zero attached hydrogens (tertiary/aromatic N) is 5. The Morgan fingerprint density at radius 3 is 2.46 bits per heavy atom. The number of rotatable bonds is 3. The van der Waals surface area contributed by atoms with Crippen molar-refractivity contribution in [3.05, 3.63) is 24.3 Å². The van der Waals surface area contributed by atoms with E-state index in [1.807, 2.05) is 9.80 Å². The minimum atomic E-state index is -0.0365. The van der Waals surface area contributed by atoms with E-state index >= 15 is 0 Å². The Labute approximate surface area is 165 Å². The van der Waals surface area contributed by atoms with E-state index in [1.54, 1.807) is 12.4 Å². The van der Waals surface area contributed by atoms with Crippen molar-refractivity contribution in [3.63, 3.8) is 0 Å². The Balaban J connectivity index is 1.29. The molecule has 0 spiro atoms. The first-order valence-corrected chi connectivity index (χ1v) is 10.4. The summed E-state index contributed by atoms with van der Waals surface area (Å²) >= 11 is 0. The van der Waals surface area contributed by atoms with E-state index < -0.39 is 0 Å². The van der Waals surface area contributed by atoms with Gasteiger partial charge in [0, 0.05) is 51.2 Å². The molecular weight excluding hydrogens is 358 g/mol. The molecule has 28 heavy (non-hydrogen) atoms. The van der Waals surface area contributed by atoms with Gasteiger partial charge in [0.15, 0.2) is 0 Å². The zero-order valence-corrected chi connectivity index (χ0v) is 16.3. The van der Waals surface area contributed by atoms with Gasteiger partial charge in [0.05, 0.1) is 25.3 Å². The number of aromatic nitrogens is 2.